The van der Waals surface area contributed by atoms with E-state index in [9.17, 15) is 0 Å². The maximum atomic E-state index is 4.74. The van der Waals surface area contributed by atoms with Gasteiger partial charge >= 0.3 is 0 Å². The molecule has 2 N–H and O–H groups in total. The minimum absolute atomic E-state index is 0.645. The molecule has 4 nitrogen and oxygen atoms in total. The highest BCUT2D eigenvalue weighted by molar-refractivity contribution is 5.80. The molecule has 1 saturated carbocycles. The lowest BCUT2D eigenvalue weighted by Crippen LogP contribution is -2.42. The second-order valence-electron chi connectivity index (χ2n) is 6.76. The first-order chi connectivity index (χ1) is 10.3. The highest BCUT2D eigenvalue weighted by Crippen LogP contribution is 2.17. The average molecular weight is 294 g/mol. The molecule has 0 atom stereocenters. The summed E-state index contributed by atoms with van der Waals surface area (Å²) in [6.07, 6.45) is 9.25. The SMILES string of the molecule is CCNC(=NCCCN1CCC(C)CC1)NC1CCCC1. The summed E-state index contributed by atoms with van der Waals surface area (Å²) in [5.74, 6) is 1.95. The van der Waals surface area contributed by atoms with Gasteiger partial charge < -0.3 is 15.5 Å². The molecule has 0 aromatic carbocycles. The van der Waals surface area contributed by atoms with E-state index >= 15 is 0 Å². The van der Waals surface area contributed by atoms with Gasteiger partial charge in [-0.25, -0.2) is 0 Å². The molecule has 2 rings (SSSR count). The Hall–Kier alpha value is -0.770. The molecular weight excluding hydrogens is 260 g/mol. The van der Waals surface area contributed by atoms with Crippen molar-refractivity contribution >= 4 is 5.96 Å². The lowest BCUT2D eigenvalue weighted by atomic mass is 9.99. The van der Waals surface area contributed by atoms with Crippen LogP contribution in [0, 0.1) is 5.92 Å². The summed E-state index contributed by atoms with van der Waals surface area (Å²) in [7, 11) is 0. The van der Waals surface area contributed by atoms with Crippen molar-refractivity contribution in [1.82, 2.24) is 15.5 Å². The Morgan fingerprint density at radius 2 is 1.86 bits per heavy atom. The summed E-state index contributed by atoms with van der Waals surface area (Å²) in [6, 6.07) is 0.645. The van der Waals surface area contributed by atoms with Crippen molar-refractivity contribution in [2.45, 2.75) is 64.8 Å². The van der Waals surface area contributed by atoms with Crippen LogP contribution in [0.2, 0.25) is 0 Å². The van der Waals surface area contributed by atoms with Gasteiger partial charge in [0.1, 0.15) is 0 Å². The van der Waals surface area contributed by atoms with E-state index in [1.807, 2.05) is 0 Å². The Balaban J connectivity index is 1.64. The van der Waals surface area contributed by atoms with E-state index < -0.39 is 0 Å². The molecule has 0 aromatic heterocycles. The van der Waals surface area contributed by atoms with Gasteiger partial charge in [0.2, 0.25) is 0 Å². The number of hydrogen-bond acceptors (Lipinski definition) is 2. The first-order valence-corrected chi connectivity index (χ1v) is 9.05. The largest absolute Gasteiger partial charge is 0.357 e. The third-order valence-corrected chi connectivity index (χ3v) is 4.82. The maximum absolute atomic E-state index is 4.74. The van der Waals surface area contributed by atoms with Crippen LogP contribution < -0.4 is 10.6 Å². The average Bonchev–Trinajstić information content (AvgIpc) is 2.98. The molecule has 1 aliphatic carbocycles. The summed E-state index contributed by atoms with van der Waals surface area (Å²) < 4.78 is 0. The van der Waals surface area contributed by atoms with Crippen LogP contribution >= 0.6 is 0 Å². The molecule has 0 bridgehead atoms. The molecule has 2 fully saturated rings. The number of aliphatic imine (C=N–C) groups is 1. The van der Waals surface area contributed by atoms with Crippen LogP contribution in [0.25, 0.3) is 0 Å². The minimum Gasteiger partial charge on any atom is -0.357 e. The van der Waals surface area contributed by atoms with Gasteiger partial charge in [-0.05, 0) is 64.6 Å². The van der Waals surface area contributed by atoms with Crippen LogP contribution in [0.1, 0.15) is 58.8 Å². The van der Waals surface area contributed by atoms with Crippen LogP contribution in [-0.4, -0.2) is 49.6 Å². The number of nitrogens with one attached hydrogen (secondary N) is 2. The van der Waals surface area contributed by atoms with Gasteiger partial charge in [0, 0.05) is 19.1 Å². The van der Waals surface area contributed by atoms with Crippen LogP contribution in [0.5, 0.6) is 0 Å². The van der Waals surface area contributed by atoms with Crippen molar-refractivity contribution in [1.29, 1.82) is 0 Å². The predicted molar refractivity (Wildman–Crippen MR) is 90.8 cm³/mol. The molecule has 122 valence electrons. The maximum Gasteiger partial charge on any atom is 0.191 e. The van der Waals surface area contributed by atoms with Crippen molar-refractivity contribution < 1.29 is 0 Å². The monoisotopic (exact) mass is 294 g/mol. The highest BCUT2D eigenvalue weighted by atomic mass is 15.2. The molecule has 0 spiro atoms. The summed E-state index contributed by atoms with van der Waals surface area (Å²) >= 11 is 0. The van der Waals surface area contributed by atoms with Crippen LogP contribution in [0.3, 0.4) is 0 Å². The zero-order valence-electron chi connectivity index (χ0n) is 14.0. The highest BCUT2D eigenvalue weighted by Gasteiger charge is 2.16. The molecule has 0 unspecified atom stereocenters. The topological polar surface area (TPSA) is 39.7 Å². The molecule has 0 radical (unpaired) electrons. The number of likely N-dealkylation sites (tertiary alicyclic amines) is 1. The molecule has 1 heterocycles. The Morgan fingerprint density at radius 3 is 2.52 bits per heavy atom. The number of hydrogen-bond donors (Lipinski definition) is 2. The van der Waals surface area contributed by atoms with Crippen molar-refractivity contribution in [3.63, 3.8) is 0 Å². The first kappa shape index (κ1) is 16.6. The predicted octanol–water partition coefficient (Wildman–Crippen LogP) is 2.61. The third kappa shape index (κ3) is 6.25. The number of nitrogens with zero attached hydrogens (tertiary/aromatic N) is 2. The zero-order valence-corrected chi connectivity index (χ0v) is 14.0. The normalized spacial score (nSPS) is 22.7. The second kappa shape index (κ2) is 9.29. The van der Waals surface area contributed by atoms with Gasteiger partial charge in [-0.1, -0.05) is 19.8 Å². The summed E-state index contributed by atoms with van der Waals surface area (Å²) in [5.41, 5.74) is 0. The first-order valence-electron chi connectivity index (χ1n) is 9.05. The summed E-state index contributed by atoms with van der Waals surface area (Å²) in [4.78, 5) is 7.35. The van der Waals surface area contributed by atoms with E-state index in [4.69, 9.17) is 4.99 Å². The van der Waals surface area contributed by atoms with Crippen LogP contribution in [-0.2, 0) is 0 Å². The lowest BCUT2D eigenvalue weighted by Gasteiger charge is -2.29. The lowest BCUT2D eigenvalue weighted by molar-refractivity contribution is 0.192. The second-order valence-corrected chi connectivity index (χ2v) is 6.76. The molecule has 1 saturated heterocycles. The fraction of sp³-hybridized carbons (Fsp3) is 0.941. The van der Waals surface area contributed by atoms with Gasteiger partial charge in [-0.15, -0.1) is 0 Å². The number of rotatable bonds is 6. The van der Waals surface area contributed by atoms with Gasteiger partial charge in [0.25, 0.3) is 0 Å². The fourth-order valence-electron chi connectivity index (χ4n) is 3.35. The molecule has 2 aliphatic rings. The minimum atomic E-state index is 0.645. The van der Waals surface area contributed by atoms with E-state index in [1.54, 1.807) is 0 Å². The number of guanidine groups is 1. The Labute approximate surface area is 130 Å². The van der Waals surface area contributed by atoms with Gasteiger partial charge in [-0.3, -0.25) is 4.99 Å². The zero-order chi connectivity index (χ0) is 14.9. The van der Waals surface area contributed by atoms with E-state index in [2.05, 4.69) is 29.4 Å². The van der Waals surface area contributed by atoms with Gasteiger partial charge in [0.05, 0.1) is 0 Å². The smallest absolute Gasteiger partial charge is 0.191 e. The molecular formula is C17H34N4. The fourth-order valence-corrected chi connectivity index (χ4v) is 3.35. The molecule has 0 aromatic rings. The molecule has 4 heteroatoms. The van der Waals surface area contributed by atoms with E-state index in [0.29, 0.717) is 6.04 Å². The number of piperidine rings is 1. The van der Waals surface area contributed by atoms with Crippen molar-refractivity contribution in [3.05, 3.63) is 0 Å². The van der Waals surface area contributed by atoms with Crippen molar-refractivity contribution in [2.75, 3.05) is 32.7 Å². The molecule has 0 amide bonds. The third-order valence-electron chi connectivity index (χ3n) is 4.82. The summed E-state index contributed by atoms with van der Waals surface area (Å²) in [5, 5.41) is 6.97. The van der Waals surface area contributed by atoms with E-state index in [-0.39, 0.29) is 0 Å². The van der Waals surface area contributed by atoms with Crippen molar-refractivity contribution in [2.24, 2.45) is 10.9 Å². The Bertz CT molecular complexity index is 302. The van der Waals surface area contributed by atoms with E-state index in [0.717, 1.165) is 25.0 Å². The molecule has 21 heavy (non-hydrogen) atoms. The van der Waals surface area contributed by atoms with Crippen LogP contribution in [0.15, 0.2) is 4.99 Å². The van der Waals surface area contributed by atoms with Crippen LogP contribution in [0.4, 0.5) is 0 Å². The standard InChI is InChI=1S/C17H34N4/c1-3-18-17(20-16-7-4-5-8-16)19-11-6-12-21-13-9-15(2)10-14-21/h15-16H,3-14H2,1-2H3,(H2,18,19,20). The summed E-state index contributed by atoms with van der Waals surface area (Å²) in [6.45, 7) is 10.2. The van der Waals surface area contributed by atoms with E-state index in [1.165, 1.54) is 64.6 Å². The van der Waals surface area contributed by atoms with Gasteiger partial charge in [-0.2, -0.15) is 0 Å². The van der Waals surface area contributed by atoms with Gasteiger partial charge in [0.15, 0.2) is 5.96 Å². The Morgan fingerprint density at radius 1 is 1.14 bits per heavy atom. The van der Waals surface area contributed by atoms with Crippen molar-refractivity contribution in [3.8, 4) is 0 Å². The molecule has 1 aliphatic heterocycles. The quantitative estimate of drug-likeness (QED) is 0.449. The Kier molecular flexibility index (Phi) is 7.34.